The van der Waals surface area contributed by atoms with Crippen molar-refractivity contribution in [2.24, 2.45) is 11.3 Å². The third-order valence-corrected chi connectivity index (χ3v) is 2.99. The van der Waals surface area contributed by atoms with Gasteiger partial charge in [0.25, 0.3) is 0 Å². The first-order chi connectivity index (χ1) is 12.1. The van der Waals surface area contributed by atoms with Crippen LogP contribution in [0.2, 0.25) is 0 Å². The maximum absolute atomic E-state index is 13.0. The van der Waals surface area contributed by atoms with E-state index in [1.165, 1.54) is 6.07 Å². The minimum atomic E-state index is -4.37. The first kappa shape index (κ1) is 25.1. The van der Waals surface area contributed by atoms with Crippen molar-refractivity contribution in [1.82, 2.24) is 0 Å². The SMILES string of the molecule is C=C1C=C(C(F)(F)F)c2ccc(NC)cc2N1C.CC(C)(C)C.CC(C)C. The molecule has 1 N–H and O–H groups in total. The summed E-state index contributed by atoms with van der Waals surface area (Å²) in [6.45, 7) is 18.9. The van der Waals surface area contributed by atoms with Crippen LogP contribution >= 0.6 is 0 Å². The highest BCUT2D eigenvalue weighted by Crippen LogP contribution is 2.43. The van der Waals surface area contributed by atoms with Crippen molar-refractivity contribution >= 4 is 16.9 Å². The molecule has 5 heteroatoms. The fraction of sp³-hybridized carbons (Fsp3) is 0.545. The molecule has 0 fully saturated rings. The average Bonchev–Trinajstić information content (AvgIpc) is 2.47. The van der Waals surface area contributed by atoms with Crippen molar-refractivity contribution in [2.75, 3.05) is 24.3 Å². The quantitative estimate of drug-likeness (QED) is 0.544. The van der Waals surface area contributed by atoms with Crippen molar-refractivity contribution < 1.29 is 13.2 Å². The van der Waals surface area contributed by atoms with Crippen molar-refractivity contribution in [3.05, 3.63) is 42.1 Å². The number of nitrogens with one attached hydrogen (secondary N) is 1. The van der Waals surface area contributed by atoms with E-state index in [1.807, 2.05) is 0 Å². The highest BCUT2D eigenvalue weighted by molar-refractivity contribution is 5.87. The Balaban J connectivity index is 0.000000630. The van der Waals surface area contributed by atoms with Crippen molar-refractivity contribution in [1.29, 1.82) is 0 Å². The molecule has 1 aliphatic rings. The van der Waals surface area contributed by atoms with Gasteiger partial charge in [0.15, 0.2) is 0 Å². The zero-order valence-electron chi connectivity index (χ0n) is 18.2. The largest absolute Gasteiger partial charge is 0.417 e. The number of hydrogen-bond acceptors (Lipinski definition) is 2. The van der Waals surface area contributed by atoms with Crippen LogP contribution < -0.4 is 10.2 Å². The third kappa shape index (κ3) is 9.55. The molecule has 1 aliphatic heterocycles. The van der Waals surface area contributed by atoms with Crippen LogP contribution in [0.25, 0.3) is 5.57 Å². The predicted molar refractivity (Wildman–Crippen MR) is 113 cm³/mol. The number of hydrogen-bond donors (Lipinski definition) is 1. The van der Waals surface area contributed by atoms with Gasteiger partial charge in [0.2, 0.25) is 0 Å². The normalized spacial score (nSPS) is 13.7. The summed E-state index contributed by atoms with van der Waals surface area (Å²) in [6, 6.07) is 4.78. The molecule has 1 heterocycles. The zero-order chi connectivity index (χ0) is 21.6. The van der Waals surface area contributed by atoms with Crippen LogP contribution in [0.3, 0.4) is 0 Å². The predicted octanol–water partition coefficient (Wildman–Crippen LogP) is 7.35. The van der Waals surface area contributed by atoms with E-state index in [2.05, 4.69) is 60.4 Å². The van der Waals surface area contributed by atoms with Gasteiger partial charge in [-0.25, -0.2) is 0 Å². The highest BCUT2D eigenvalue weighted by atomic mass is 19.4. The van der Waals surface area contributed by atoms with Gasteiger partial charge in [0.05, 0.1) is 11.3 Å². The van der Waals surface area contributed by atoms with E-state index >= 15 is 0 Å². The molecule has 154 valence electrons. The average molecular weight is 385 g/mol. The number of benzene rings is 1. The summed E-state index contributed by atoms with van der Waals surface area (Å²) in [5.41, 5.74) is 1.61. The number of allylic oxidation sites excluding steroid dienone is 2. The van der Waals surface area contributed by atoms with Crippen LogP contribution in [0.5, 0.6) is 0 Å². The minimum Gasteiger partial charge on any atom is -0.388 e. The summed E-state index contributed by atoms with van der Waals surface area (Å²) in [4.78, 5) is 1.64. The zero-order valence-corrected chi connectivity index (χ0v) is 18.2. The van der Waals surface area contributed by atoms with Crippen LogP contribution in [0.15, 0.2) is 36.6 Å². The third-order valence-electron chi connectivity index (χ3n) is 2.99. The van der Waals surface area contributed by atoms with Crippen molar-refractivity contribution in [3.8, 4) is 0 Å². The molecule has 27 heavy (non-hydrogen) atoms. The lowest BCUT2D eigenvalue weighted by molar-refractivity contribution is -0.0690. The summed E-state index contributed by atoms with van der Waals surface area (Å²) < 4.78 is 38.9. The lowest BCUT2D eigenvalue weighted by atomic mass is 9.97. The Morgan fingerprint density at radius 2 is 1.48 bits per heavy atom. The second-order valence-corrected chi connectivity index (χ2v) is 8.82. The Morgan fingerprint density at radius 3 is 1.85 bits per heavy atom. The number of fused-ring (bicyclic) bond motifs is 1. The number of likely N-dealkylation sites (N-methyl/N-ethyl adjacent to an activating group) is 1. The second-order valence-electron chi connectivity index (χ2n) is 8.82. The molecule has 0 radical (unpaired) electrons. The van der Waals surface area contributed by atoms with Crippen molar-refractivity contribution in [3.63, 3.8) is 0 Å². The molecule has 1 aromatic rings. The van der Waals surface area contributed by atoms with Gasteiger partial charge in [-0.05, 0) is 29.5 Å². The first-order valence-electron chi connectivity index (χ1n) is 9.11. The molecule has 0 atom stereocenters. The highest BCUT2D eigenvalue weighted by Gasteiger charge is 2.38. The summed E-state index contributed by atoms with van der Waals surface area (Å²) in [5.74, 6) is 0.833. The maximum Gasteiger partial charge on any atom is 0.417 e. The van der Waals surface area contributed by atoms with Gasteiger partial charge in [-0.3, -0.25) is 0 Å². The smallest absolute Gasteiger partial charge is 0.388 e. The fourth-order valence-electron chi connectivity index (χ4n) is 1.92. The standard InChI is InChI=1S/C13H13F3N2.C5H12.C4H10/c1-8-6-11(13(14,15)16)10-5-4-9(17-2)7-12(10)18(8)3;1-5(2,3)4;1-4(2)3/h4-7,17H,1H2,2-3H3;1-4H3;4H,1-3H3. The number of alkyl halides is 3. The Kier molecular flexibility index (Phi) is 9.16. The van der Waals surface area contributed by atoms with Gasteiger partial charge in [0, 0.05) is 31.0 Å². The van der Waals surface area contributed by atoms with E-state index in [0.717, 1.165) is 17.7 Å². The Hall–Kier alpha value is -1.91. The molecule has 2 rings (SSSR count). The summed E-state index contributed by atoms with van der Waals surface area (Å²) in [5, 5.41) is 2.91. The molecular weight excluding hydrogens is 349 g/mol. The van der Waals surface area contributed by atoms with Gasteiger partial charge in [-0.2, -0.15) is 13.2 Å². The van der Waals surface area contributed by atoms with Crippen LogP contribution in [0.1, 0.15) is 54.0 Å². The molecular formula is C22H35F3N2. The second kappa shape index (κ2) is 9.86. The number of anilines is 2. The van der Waals surface area contributed by atoms with E-state index in [1.54, 1.807) is 31.1 Å². The summed E-state index contributed by atoms with van der Waals surface area (Å²) in [7, 11) is 3.42. The van der Waals surface area contributed by atoms with E-state index in [-0.39, 0.29) is 5.56 Å². The van der Waals surface area contributed by atoms with Crippen LogP contribution in [-0.2, 0) is 0 Å². The molecule has 0 saturated carbocycles. The van der Waals surface area contributed by atoms with Gasteiger partial charge in [-0.15, -0.1) is 0 Å². The van der Waals surface area contributed by atoms with E-state index in [4.69, 9.17) is 0 Å². The molecule has 0 aliphatic carbocycles. The Bertz CT molecular complexity index is 642. The maximum atomic E-state index is 13.0. The van der Waals surface area contributed by atoms with Crippen LogP contribution in [0, 0.1) is 11.3 Å². The minimum absolute atomic E-state index is 0.177. The van der Waals surface area contributed by atoms with E-state index in [9.17, 15) is 13.2 Å². The Morgan fingerprint density at radius 1 is 1.04 bits per heavy atom. The topological polar surface area (TPSA) is 15.3 Å². The molecule has 0 bridgehead atoms. The molecule has 0 unspecified atom stereocenters. The molecule has 1 aromatic carbocycles. The molecule has 0 amide bonds. The lowest BCUT2D eigenvalue weighted by Crippen LogP contribution is -2.24. The van der Waals surface area contributed by atoms with E-state index in [0.29, 0.717) is 16.8 Å². The summed E-state index contributed by atoms with van der Waals surface area (Å²) >= 11 is 0. The van der Waals surface area contributed by atoms with Gasteiger partial charge >= 0.3 is 6.18 Å². The van der Waals surface area contributed by atoms with E-state index < -0.39 is 11.7 Å². The molecule has 0 saturated heterocycles. The number of rotatable bonds is 1. The lowest BCUT2D eigenvalue weighted by Gasteiger charge is -2.30. The molecule has 0 aromatic heterocycles. The van der Waals surface area contributed by atoms with Gasteiger partial charge in [0.1, 0.15) is 0 Å². The summed E-state index contributed by atoms with van der Waals surface area (Å²) in [6.07, 6.45) is -3.30. The monoisotopic (exact) mass is 384 g/mol. The number of nitrogens with zero attached hydrogens (tertiary/aromatic N) is 1. The Labute approximate surface area is 163 Å². The van der Waals surface area contributed by atoms with Gasteiger partial charge in [-0.1, -0.05) is 61.1 Å². The van der Waals surface area contributed by atoms with Crippen LogP contribution in [-0.4, -0.2) is 20.3 Å². The van der Waals surface area contributed by atoms with Crippen molar-refractivity contribution in [2.45, 2.75) is 54.6 Å². The molecule has 2 nitrogen and oxygen atoms in total. The number of halogens is 3. The fourth-order valence-corrected chi connectivity index (χ4v) is 1.92. The van der Waals surface area contributed by atoms with Gasteiger partial charge < -0.3 is 10.2 Å². The molecule has 0 spiro atoms. The van der Waals surface area contributed by atoms with Crippen LogP contribution in [0.4, 0.5) is 24.5 Å². The first-order valence-corrected chi connectivity index (χ1v) is 9.11.